The third-order valence-electron chi connectivity index (χ3n) is 1.68. The summed E-state index contributed by atoms with van der Waals surface area (Å²) in [5.74, 6) is -1.90. The third kappa shape index (κ3) is 1.98. The van der Waals surface area contributed by atoms with Gasteiger partial charge in [0.25, 0.3) is 0 Å². The number of isocyanates is 1. The molecule has 0 saturated heterocycles. The largest absolute Gasteiger partial charge is 0.235 e. The molecule has 68 valence electrons. The van der Waals surface area contributed by atoms with Crippen LogP contribution in [0.4, 0.5) is 8.78 Å². The molecule has 0 aliphatic carbocycles. The number of hydrogen-bond donors (Lipinski definition) is 0. The van der Waals surface area contributed by atoms with Gasteiger partial charge in [-0.1, -0.05) is 12.1 Å². The monoisotopic (exact) mass is 183 g/mol. The van der Waals surface area contributed by atoms with Gasteiger partial charge < -0.3 is 0 Å². The molecule has 1 aromatic carbocycles. The summed E-state index contributed by atoms with van der Waals surface area (Å²) in [6, 6.07) is 3.05. The fraction of sp³-hybridized carbons (Fsp3) is 0.222. The molecule has 2 nitrogen and oxygen atoms in total. The average Bonchev–Trinajstić information content (AvgIpc) is 2.10. The molecule has 1 atom stereocenters. The van der Waals surface area contributed by atoms with E-state index in [0.717, 1.165) is 6.07 Å². The van der Waals surface area contributed by atoms with Gasteiger partial charge in [0.05, 0.1) is 6.04 Å². The van der Waals surface area contributed by atoms with E-state index in [9.17, 15) is 13.6 Å². The maximum absolute atomic E-state index is 13.0. The number of nitrogens with zero attached hydrogens (tertiary/aromatic N) is 1. The Balaban J connectivity index is 3.14. The lowest BCUT2D eigenvalue weighted by Crippen LogP contribution is -1.96. The van der Waals surface area contributed by atoms with Gasteiger partial charge in [-0.25, -0.2) is 13.6 Å². The molecule has 0 fully saturated rings. The molecule has 0 radical (unpaired) electrons. The van der Waals surface area contributed by atoms with E-state index < -0.39 is 17.7 Å². The lowest BCUT2D eigenvalue weighted by Gasteiger charge is -2.05. The van der Waals surface area contributed by atoms with Crippen LogP contribution in [-0.2, 0) is 4.79 Å². The van der Waals surface area contributed by atoms with Crippen LogP contribution in [0.25, 0.3) is 0 Å². The smallest absolute Gasteiger partial charge is 0.211 e. The SMILES string of the molecule is CC(N=C=O)c1cccc(F)c1F. The van der Waals surface area contributed by atoms with Crippen molar-refractivity contribution in [3.8, 4) is 0 Å². The third-order valence-corrected chi connectivity index (χ3v) is 1.68. The summed E-state index contributed by atoms with van der Waals surface area (Å²) in [4.78, 5) is 13.2. The molecule has 0 saturated carbocycles. The Morgan fingerprint density at radius 3 is 2.77 bits per heavy atom. The fourth-order valence-corrected chi connectivity index (χ4v) is 0.992. The highest BCUT2D eigenvalue weighted by molar-refractivity contribution is 5.35. The van der Waals surface area contributed by atoms with Crippen molar-refractivity contribution in [3.63, 3.8) is 0 Å². The molecule has 0 heterocycles. The van der Waals surface area contributed by atoms with Crippen LogP contribution in [-0.4, -0.2) is 6.08 Å². The first kappa shape index (κ1) is 9.55. The molecule has 0 aliphatic heterocycles. The number of rotatable bonds is 2. The van der Waals surface area contributed by atoms with Crippen molar-refractivity contribution in [1.82, 2.24) is 0 Å². The van der Waals surface area contributed by atoms with Crippen LogP contribution in [0.1, 0.15) is 18.5 Å². The Kier molecular flexibility index (Phi) is 2.88. The average molecular weight is 183 g/mol. The Morgan fingerprint density at radius 2 is 2.15 bits per heavy atom. The number of carbonyl (C=O) groups excluding carboxylic acids is 1. The van der Waals surface area contributed by atoms with E-state index in [1.165, 1.54) is 25.1 Å². The topological polar surface area (TPSA) is 29.4 Å². The Bertz CT molecular complexity index is 359. The summed E-state index contributed by atoms with van der Waals surface area (Å²) in [5, 5.41) is 0. The van der Waals surface area contributed by atoms with E-state index in [1.807, 2.05) is 0 Å². The van der Waals surface area contributed by atoms with E-state index >= 15 is 0 Å². The Hall–Kier alpha value is -1.54. The zero-order valence-electron chi connectivity index (χ0n) is 6.92. The normalized spacial score (nSPS) is 11.9. The van der Waals surface area contributed by atoms with Crippen LogP contribution >= 0.6 is 0 Å². The molecule has 0 amide bonds. The Labute approximate surface area is 73.9 Å². The van der Waals surface area contributed by atoms with E-state index in [4.69, 9.17) is 0 Å². The lowest BCUT2D eigenvalue weighted by atomic mass is 10.1. The molecule has 1 rings (SSSR count). The zero-order chi connectivity index (χ0) is 9.84. The second kappa shape index (κ2) is 3.92. The minimum Gasteiger partial charge on any atom is -0.211 e. The van der Waals surface area contributed by atoms with Gasteiger partial charge in [-0.05, 0) is 13.0 Å². The second-order valence-corrected chi connectivity index (χ2v) is 2.54. The first-order valence-corrected chi connectivity index (χ1v) is 3.67. The first-order chi connectivity index (χ1) is 6.16. The lowest BCUT2D eigenvalue weighted by molar-refractivity contribution is 0.491. The molecule has 0 N–H and O–H groups in total. The van der Waals surface area contributed by atoms with Crippen LogP contribution in [0, 0.1) is 11.6 Å². The minimum atomic E-state index is -0.964. The van der Waals surface area contributed by atoms with Gasteiger partial charge in [0, 0.05) is 5.56 Å². The van der Waals surface area contributed by atoms with Gasteiger partial charge in [-0.3, -0.25) is 0 Å². The van der Waals surface area contributed by atoms with E-state index in [-0.39, 0.29) is 5.56 Å². The van der Waals surface area contributed by atoms with Crippen LogP contribution in [0.15, 0.2) is 23.2 Å². The molecule has 0 aromatic heterocycles. The molecule has 4 heteroatoms. The molecule has 0 aliphatic rings. The van der Waals surface area contributed by atoms with Gasteiger partial charge in [0.1, 0.15) is 0 Å². The van der Waals surface area contributed by atoms with Crippen LogP contribution < -0.4 is 0 Å². The number of halogens is 2. The van der Waals surface area contributed by atoms with Gasteiger partial charge in [-0.2, -0.15) is 4.99 Å². The van der Waals surface area contributed by atoms with Crippen molar-refractivity contribution in [3.05, 3.63) is 35.4 Å². The molecule has 0 bridgehead atoms. The molecule has 1 aromatic rings. The molecule has 1 unspecified atom stereocenters. The van der Waals surface area contributed by atoms with Gasteiger partial charge in [0.2, 0.25) is 6.08 Å². The van der Waals surface area contributed by atoms with Crippen molar-refractivity contribution in [2.45, 2.75) is 13.0 Å². The molecular formula is C9H7F2NO. The zero-order valence-corrected chi connectivity index (χ0v) is 6.92. The maximum Gasteiger partial charge on any atom is 0.235 e. The molecule has 0 spiro atoms. The highest BCUT2D eigenvalue weighted by Crippen LogP contribution is 2.21. The van der Waals surface area contributed by atoms with E-state index in [1.54, 1.807) is 0 Å². The molecule has 13 heavy (non-hydrogen) atoms. The van der Waals surface area contributed by atoms with Crippen molar-refractivity contribution in [1.29, 1.82) is 0 Å². The Morgan fingerprint density at radius 1 is 1.46 bits per heavy atom. The molecular weight excluding hydrogens is 176 g/mol. The van der Waals surface area contributed by atoms with Crippen LogP contribution in [0.2, 0.25) is 0 Å². The van der Waals surface area contributed by atoms with Gasteiger partial charge in [0.15, 0.2) is 11.6 Å². The van der Waals surface area contributed by atoms with Crippen molar-refractivity contribution >= 4 is 6.08 Å². The van der Waals surface area contributed by atoms with Gasteiger partial charge >= 0.3 is 0 Å². The summed E-state index contributed by atoms with van der Waals surface area (Å²) in [6.45, 7) is 1.49. The summed E-state index contributed by atoms with van der Waals surface area (Å²) in [6.07, 6.45) is 1.30. The van der Waals surface area contributed by atoms with Gasteiger partial charge in [-0.15, -0.1) is 0 Å². The van der Waals surface area contributed by atoms with Crippen molar-refractivity contribution < 1.29 is 13.6 Å². The quantitative estimate of drug-likeness (QED) is 0.511. The maximum atomic E-state index is 13.0. The van der Waals surface area contributed by atoms with E-state index in [2.05, 4.69) is 4.99 Å². The number of benzene rings is 1. The first-order valence-electron chi connectivity index (χ1n) is 3.67. The predicted octanol–water partition coefficient (Wildman–Crippen LogP) is 2.36. The number of hydrogen-bond acceptors (Lipinski definition) is 2. The van der Waals surface area contributed by atoms with Crippen molar-refractivity contribution in [2.24, 2.45) is 4.99 Å². The highest BCUT2D eigenvalue weighted by atomic mass is 19.2. The predicted molar refractivity (Wildman–Crippen MR) is 42.9 cm³/mol. The minimum absolute atomic E-state index is 0.0587. The highest BCUT2D eigenvalue weighted by Gasteiger charge is 2.12. The summed E-state index contributed by atoms with van der Waals surface area (Å²) in [5.41, 5.74) is 0.0587. The number of aliphatic imine (C=N–C) groups is 1. The van der Waals surface area contributed by atoms with Crippen LogP contribution in [0.3, 0.4) is 0 Å². The summed E-state index contributed by atoms with van der Waals surface area (Å²) < 4.78 is 25.7. The summed E-state index contributed by atoms with van der Waals surface area (Å²) in [7, 11) is 0. The van der Waals surface area contributed by atoms with Crippen LogP contribution in [0.5, 0.6) is 0 Å². The summed E-state index contributed by atoms with van der Waals surface area (Å²) >= 11 is 0. The van der Waals surface area contributed by atoms with E-state index in [0.29, 0.717) is 0 Å². The standard InChI is InChI=1S/C9H7F2NO/c1-6(12-5-13)7-3-2-4-8(10)9(7)11/h2-4,6H,1H3. The second-order valence-electron chi connectivity index (χ2n) is 2.54. The van der Waals surface area contributed by atoms with Crippen molar-refractivity contribution in [2.75, 3.05) is 0 Å². The fourth-order valence-electron chi connectivity index (χ4n) is 0.992.